The second kappa shape index (κ2) is 5.15. The molecule has 1 heterocycles. The lowest BCUT2D eigenvalue weighted by Crippen LogP contribution is -2.61. The maximum absolute atomic E-state index is 12.6. The minimum absolute atomic E-state index is 0.00490. The Balaban J connectivity index is 1.96. The molecule has 106 valence electrons. The molecule has 5 heteroatoms. The van der Waals surface area contributed by atoms with E-state index >= 15 is 0 Å². The topological polar surface area (TPSA) is 58.6 Å². The first-order valence-electron chi connectivity index (χ1n) is 7.00. The summed E-state index contributed by atoms with van der Waals surface area (Å²) >= 11 is 0. The fourth-order valence-corrected chi connectivity index (χ4v) is 3.13. The van der Waals surface area contributed by atoms with Gasteiger partial charge in [0.25, 0.3) is 0 Å². The number of benzene rings is 1. The molecule has 1 aliphatic carbocycles. The van der Waals surface area contributed by atoms with E-state index < -0.39 is 0 Å². The first-order valence-corrected chi connectivity index (χ1v) is 7.00. The Bertz CT molecular complexity index is 544. The summed E-state index contributed by atoms with van der Waals surface area (Å²) in [6, 6.07) is 6.75. The SMILES string of the molecule is COc1ccccc1N1C(=O)NC2CCCCC2C1=O. The van der Waals surface area contributed by atoms with Gasteiger partial charge in [0.1, 0.15) is 5.75 Å². The number of anilines is 1. The van der Waals surface area contributed by atoms with Crippen LogP contribution in [0.2, 0.25) is 0 Å². The van der Waals surface area contributed by atoms with Crippen molar-refractivity contribution in [2.24, 2.45) is 5.92 Å². The summed E-state index contributed by atoms with van der Waals surface area (Å²) in [5.41, 5.74) is 0.515. The molecule has 1 saturated heterocycles. The van der Waals surface area contributed by atoms with Gasteiger partial charge in [-0.2, -0.15) is 0 Å². The van der Waals surface area contributed by atoms with Gasteiger partial charge in [0, 0.05) is 6.04 Å². The lowest BCUT2D eigenvalue weighted by molar-refractivity contribution is -0.124. The van der Waals surface area contributed by atoms with Gasteiger partial charge in [-0.3, -0.25) is 4.79 Å². The van der Waals surface area contributed by atoms with E-state index in [0.29, 0.717) is 11.4 Å². The van der Waals surface area contributed by atoms with Crippen LogP contribution in [-0.2, 0) is 4.79 Å². The average molecular weight is 274 g/mol. The average Bonchev–Trinajstić information content (AvgIpc) is 2.48. The highest BCUT2D eigenvalue weighted by molar-refractivity contribution is 6.17. The molecule has 0 bridgehead atoms. The molecule has 2 atom stereocenters. The molecule has 0 aromatic heterocycles. The summed E-state index contributed by atoms with van der Waals surface area (Å²) in [5, 5.41) is 2.96. The lowest BCUT2D eigenvalue weighted by Gasteiger charge is -2.40. The van der Waals surface area contributed by atoms with Crippen molar-refractivity contribution in [3.05, 3.63) is 24.3 Å². The Kier molecular flexibility index (Phi) is 3.34. The summed E-state index contributed by atoms with van der Waals surface area (Å²) in [4.78, 5) is 26.1. The minimum Gasteiger partial charge on any atom is -0.495 e. The number of rotatable bonds is 2. The molecule has 3 amide bonds. The number of carbonyl (C=O) groups excluding carboxylic acids is 2. The Hall–Kier alpha value is -2.04. The van der Waals surface area contributed by atoms with Crippen molar-refractivity contribution in [2.45, 2.75) is 31.7 Å². The number of methoxy groups -OCH3 is 1. The van der Waals surface area contributed by atoms with E-state index in [4.69, 9.17) is 4.74 Å². The number of carbonyl (C=O) groups is 2. The molecule has 0 radical (unpaired) electrons. The predicted molar refractivity (Wildman–Crippen MR) is 74.8 cm³/mol. The van der Waals surface area contributed by atoms with Crippen LogP contribution in [0.3, 0.4) is 0 Å². The van der Waals surface area contributed by atoms with Crippen LogP contribution in [-0.4, -0.2) is 25.1 Å². The predicted octanol–water partition coefficient (Wildman–Crippen LogP) is 2.31. The fourth-order valence-electron chi connectivity index (χ4n) is 3.13. The van der Waals surface area contributed by atoms with Crippen molar-refractivity contribution in [3.63, 3.8) is 0 Å². The zero-order valence-electron chi connectivity index (χ0n) is 11.5. The summed E-state index contributed by atoms with van der Waals surface area (Å²) < 4.78 is 5.26. The Morgan fingerprint density at radius 2 is 1.95 bits per heavy atom. The monoisotopic (exact) mass is 274 g/mol. The van der Waals surface area contributed by atoms with Gasteiger partial charge >= 0.3 is 6.03 Å². The van der Waals surface area contributed by atoms with Crippen LogP contribution in [0.1, 0.15) is 25.7 Å². The standard InChI is InChI=1S/C15H18N2O3/c1-20-13-9-5-4-8-12(13)17-14(18)10-6-2-3-7-11(10)16-15(17)19/h4-5,8-11H,2-3,6-7H2,1H3,(H,16,19). The molecule has 1 aromatic rings. The van der Waals surface area contributed by atoms with E-state index in [1.54, 1.807) is 18.2 Å². The van der Waals surface area contributed by atoms with Gasteiger partial charge in [-0.15, -0.1) is 0 Å². The second-order valence-corrected chi connectivity index (χ2v) is 5.29. The van der Waals surface area contributed by atoms with Crippen LogP contribution in [0.25, 0.3) is 0 Å². The van der Waals surface area contributed by atoms with Crippen molar-refractivity contribution >= 4 is 17.6 Å². The molecular formula is C15H18N2O3. The number of ether oxygens (including phenoxy) is 1. The van der Waals surface area contributed by atoms with Gasteiger partial charge < -0.3 is 10.1 Å². The highest BCUT2D eigenvalue weighted by atomic mass is 16.5. The molecule has 0 spiro atoms. The number of fused-ring (bicyclic) bond motifs is 1. The summed E-state index contributed by atoms with van der Waals surface area (Å²) in [6.45, 7) is 0. The molecule has 3 rings (SSSR count). The molecule has 1 aliphatic heterocycles. The van der Waals surface area contributed by atoms with Crippen LogP contribution in [0.5, 0.6) is 5.75 Å². The smallest absolute Gasteiger partial charge is 0.329 e. The fraction of sp³-hybridized carbons (Fsp3) is 0.467. The number of nitrogens with zero attached hydrogens (tertiary/aromatic N) is 1. The van der Waals surface area contributed by atoms with Gasteiger partial charge in [-0.25, -0.2) is 9.69 Å². The van der Waals surface area contributed by atoms with Crippen molar-refractivity contribution in [1.29, 1.82) is 0 Å². The molecule has 1 N–H and O–H groups in total. The van der Waals surface area contributed by atoms with Gasteiger partial charge in [-0.1, -0.05) is 25.0 Å². The Morgan fingerprint density at radius 3 is 2.75 bits per heavy atom. The lowest BCUT2D eigenvalue weighted by atomic mass is 9.82. The first-order chi connectivity index (χ1) is 9.72. The first kappa shape index (κ1) is 13.0. The molecule has 20 heavy (non-hydrogen) atoms. The number of para-hydroxylation sites is 2. The third-order valence-corrected chi connectivity index (χ3v) is 4.14. The second-order valence-electron chi connectivity index (χ2n) is 5.29. The quantitative estimate of drug-likeness (QED) is 0.900. The van der Waals surface area contributed by atoms with Gasteiger partial charge in [0.15, 0.2) is 0 Å². The van der Waals surface area contributed by atoms with Crippen molar-refractivity contribution < 1.29 is 14.3 Å². The van der Waals surface area contributed by atoms with E-state index in [9.17, 15) is 9.59 Å². The van der Waals surface area contributed by atoms with E-state index in [-0.39, 0.29) is 23.9 Å². The highest BCUT2D eigenvalue weighted by Gasteiger charge is 2.43. The van der Waals surface area contributed by atoms with Crippen LogP contribution < -0.4 is 15.0 Å². The third kappa shape index (κ3) is 2.03. The molecule has 1 saturated carbocycles. The zero-order chi connectivity index (χ0) is 14.1. The molecule has 2 unspecified atom stereocenters. The van der Waals surface area contributed by atoms with E-state index in [0.717, 1.165) is 25.7 Å². The molecule has 1 aromatic carbocycles. The summed E-state index contributed by atoms with van der Waals surface area (Å²) in [5.74, 6) is 0.319. The van der Waals surface area contributed by atoms with E-state index in [2.05, 4.69) is 5.32 Å². The highest BCUT2D eigenvalue weighted by Crippen LogP contribution is 2.35. The van der Waals surface area contributed by atoms with Crippen LogP contribution in [0.15, 0.2) is 24.3 Å². The molecule has 2 fully saturated rings. The van der Waals surface area contributed by atoms with Crippen LogP contribution in [0, 0.1) is 5.92 Å². The summed E-state index contributed by atoms with van der Waals surface area (Å²) in [7, 11) is 1.54. The van der Waals surface area contributed by atoms with E-state index in [1.165, 1.54) is 12.0 Å². The number of imide groups is 1. The largest absolute Gasteiger partial charge is 0.495 e. The Labute approximate surface area is 117 Å². The molecule has 2 aliphatic rings. The van der Waals surface area contributed by atoms with Gasteiger partial charge in [-0.05, 0) is 25.0 Å². The van der Waals surface area contributed by atoms with Gasteiger partial charge in [0.2, 0.25) is 5.91 Å². The minimum atomic E-state index is -0.345. The Morgan fingerprint density at radius 1 is 1.20 bits per heavy atom. The van der Waals surface area contributed by atoms with Crippen LogP contribution in [0.4, 0.5) is 10.5 Å². The van der Waals surface area contributed by atoms with E-state index in [1.807, 2.05) is 6.07 Å². The van der Waals surface area contributed by atoms with Crippen molar-refractivity contribution in [1.82, 2.24) is 5.32 Å². The van der Waals surface area contributed by atoms with Crippen molar-refractivity contribution in [2.75, 3.05) is 12.0 Å². The molecular weight excluding hydrogens is 256 g/mol. The van der Waals surface area contributed by atoms with Crippen LogP contribution >= 0.6 is 0 Å². The number of amides is 3. The summed E-state index contributed by atoms with van der Waals surface area (Å²) in [6.07, 6.45) is 3.85. The van der Waals surface area contributed by atoms with Crippen molar-refractivity contribution in [3.8, 4) is 5.75 Å². The van der Waals surface area contributed by atoms with Gasteiger partial charge in [0.05, 0.1) is 18.7 Å². The molecule has 5 nitrogen and oxygen atoms in total. The number of urea groups is 1. The maximum atomic E-state index is 12.6. The normalized spacial score (nSPS) is 25.9. The number of hydrogen-bond donors (Lipinski definition) is 1. The number of nitrogens with one attached hydrogen (secondary N) is 1. The number of hydrogen-bond acceptors (Lipinski definition) is 3. The maximum Gasteiger partial charge on any atom is 0.329 e. The zero-order valence-corrected chi connectivity index (χ0v) is 11.5. The third-order valence-electron chi connectivity index (χ3n) is 4.14.